The van der Waals surface area contributed by atoms with Gasteiger partial charge in [0.05, 0.1) is 5.69 Å². The summed E-state index contributed by atoms with van der Waals surface area (Å²) >= 11 is 0. The standard InChI is InChI=1S/C19H17FN2O/c20-16-9-3-1-6-13(16)12-23-22-18-11-5-8-15-14-7-2-4-10-17(14)21-19(15)18/h1-4,6-7,9-10,21H,5,8,11-12H2/b22-18-. The van der Waals surface area contributed by atoms with Crippen LogP contribution in [0.3, 0.4) is 0 Å². The highest BCUT2D eigenvalue weighted by atomic mass is 19.1. The number of fused-ring (bicyclic) bond motifs is 3. The van der Waals surface area contributed by atoms with E-state index in [1.807, 2.05) is 6.07 Å². The summed E-state index contributed by atoms with van der Waals surface area (Å²) in [4.78, 5) is 8.86. The van der Waals surface area contributed by atoms with Crippen molar-refractivity contribution < 1.29 is 9.23 Å². The Kier molecular flexibility index (Phi) is 3.58. The lowest BCUT2D eigenvalue weighted by Crippen LogP contribution is -2.12. The number of aryl methyl sites for hydroxylation is 1. The van der Waals surface area contributed by atoms with Crippen LogP contribution in [0.1, 0.15) is 29.7 Å². The van der Waals surface area contributed by atoms with Crippen molar-refractivity contribution in [2.45, 2.75) is 25.9 Å². The van der Waals surface area contributed by atoms with Crippen molar-refractivity contribution in [3.63, 3.8) is 0 Å². The number of rotatable bonds is 3. The molecule has 0 amide bonds. The SMILES string of the molecule is Fc1ccccc1CO/N=C1/CCCc2c1[nH]c1ccccc21. The van der Waals surface area contributed by atoms with Crippen molar-refractivity contribution in [2.75, 3.05) is 0 Å². The quantitative estimate of drug-likeness (QED) is 0.707. The number of benzene rings is 2. The fourth-order valence-electron chi connectivity index (χ4n) is 3.15. The number of hydrogen-bond acceptors (Lipinski definition) is 2. The van der Waals surface area contributed by atoms with Gasteiger partial charge in [0.2, 0.25) is 0 Å². The van der Waals surface area contributed by atoms with Gasteiger partial charge in [-0.15, -0.1) is 0 Å². The van der Waals surface area contributed by atoms with Crippen molar-refractivity contribution in [3.05, 3.63) is 71.2 Å². The fourth-order valence-corrected chi connectivity index (χ4v) is 3.15. The van der Waals surface area contributed by atoms with Crippen LogP contribution < -0.4 is 0 Å². The van der Waals surface area contributed by atoms with Crippen molar-refractivity contribution in [1.82, 2.24) is 4.98 Å². The van der Waals surface area contributed by atoms with Crippen molar-refractivity contribution >= 4 is 16.6 Å². The number of para-hydroxylation sites is 1. The summed E-state index contributed by atoms with van der Waals surface area (Å²) in [7, 11) is 0. The Morgan fingerprint density at radius 1 is 1.04 bits per heavy atom. The van der Waals surface area contributed by atoms with E-state index >= 15 is 0 Å². The summed E-state index contributed by atoms with van der Waals surface area (Å²) in [6.45, 7) is 0.145. The minimum Gasteiger partial charge on any atom is -0.391 e. The normalized spacial score (nSPS) is 15.8. The Bertz CT molecular complexity index is 882. The molecule has 4 rings (SSSR count). The number of oxime groups is 1. The van der Waals surface area contributed by atoms with E-state index in [0.29, 0.717) is 5.56 Å². The molecule has 1 aliphatic rings. The van der Waals surface area contributed by atoms with Gasteiger partial charge >= 0.3 is 0 Å². The average molecular weight is 308 g/mol. The van der Waals surface area contributed by atoms with Crippen LogP contribution in [0.5, 0.6) is 0 Å². The molecule has 1 heterocycles. The van der Waals surface area contributed by atoms with Gasteiger partial charge in [0.1, 0.15) is 18.1 Å². The molecule has 0 spiro atoms. The second-order valence-corrected chi connectivity index (χ2v) is 5.78. The monoisotopic (exact) mass is 308 g/mol. The first kappa shape index (κ1) is 14.0. The minimum atomic E-state index is -0.261. The molecular weight excluding hydrogens is 291 g/mol. The Morgan fingerprint density at radius 2 is 1.87 bits per heavy atom. The molecule has 1 aliphatic carbocycles. The number of halogens is 1. The van der Waals surface area contributed by atoms with Crippen LogP contribution >= 0.6 is 0 Å². The number of nitrogens with zero attached hydrogens (tertiary/aromatic N) is 1. The second kappa shape index (κ2) is 5.88. The first-order chi connectivity index (χ1) is 11.3. The summed E-state index contributed by atoms with van der Waals surface area (Å²) in [6, 6.07) is 14.9. The highest BCUT2D eigenvalue weighted by molar-refractivity contribution is 6.06. The molecule has 0 fully saturated rings. The fraction of sp³-hybridized carbons (Fsp3) is 0.211. The van der Waals surface area contributed by atoms with E-state index in [4.69, 9.17) is 4.84 Å². The van der Waals surface area contributed by atoms with Crippen LogP contribution in [0.15, 0.2) is 53.7 Å². The van der Waals surface area contributed by atoms with Gasteiger partial charge in [-0.05, 0) is 37.0 Å². The van der Waals surface area contributed by atoms with E-state index in [0.717, 1.165) is 36.2 Å². The molecule has 0 saturated carbocycles. The Hall–Kier alpha value is -2.62. The molecule has 2 aromatic carbocycles. The molecule has 3 aromatic rings. The lowest BCUT2D eigenvalue weighted by Gasteiger charge is -2.13. The zero-order valence-corrected chi connectivity index (χ0v) is 12.7. The average Bonchev–Trinajstić information content (AvgIpc) is 2.96. The molecule has 1 N–H and O–H groups in total. The van der Waals surface area contributed by atoms with Gasteiger partial charge in [0.25, 0.3) is 0 Å². The Labute approximate surface area is 133 Å². The summed E-state index contributed by atoms with van der Waals surface area (Å²) in [5, 5.41) is 5.53. The third-order valence-electron chi connectivity index (χ3n) is 4.30. The molecule has 116 valence electrons. The van der Waals surface area contributed by atoms with Crippen LogP contribution in [0, 0.1) is 5.82 Å². The molecule has 0 atom stereocenters. The molecule has 0 saturated heterocycles. The van der Waals surface area contributed by atoms with E-state index in [1.165, 1.54) is 17.0 Å². The van der Waals surface area contributed by atoms with E-state index in [-0.39, 0.29) is 12.4 Å². The predicted molar refractivity (Wildman–Crippen MR) is 89.0 cm³/mol. The molecular formula is C19H17FN2O. The third-order valence-corrected chi connectivity index (χ3v) is 4.30. The zero-order valence-electron chi connectivity index (χ0n) is 12.7. The molecule has 23 heavy (non-hydrogen) atoms. The smallest absolute Gasteiger partial charge is 0.145 e. The highest BCUT2D eigenvalue weighted by Crippen LogP contribution is 2.29. The molecule has 4 heteroatoms. The van der Waals surface area contributed by atoms with Crippen LogP contribution in [0.2, 0.25) is 0 Å². The maximum absolute atomic E-state index is 13.6. The number of hydrogen-bond donors (Lipinski definition) is 1. The van der Waals surface area contributed by atoms with Gasteiger partial charge in [-0.1, -0.05) is 41.6 Å². The first-order valence-electron chi connectivity index (χ1n) is 7.85. The predicted octanol–water partition coefficient (Wildman–Crippen LogP) is 4.56. The van der Waals surface area contributed by atoms with Crippen LogP contribution in [0.4, 0.5) is 4.39 Å². The molecule has 0 aliphatic heterocycles. The van der Waals surface area contributed by atoms with Crippen molar-refractivity contribution in [3.8, 4) is 0 Å². The number of aromatic nitrogens is 1. The molecule has 0 bridgehead atoms. The van der Waals surface area contributed by atoms with Gasteiger partial charge in [-0.25, -0.2) is 4.39 Å². The lowest BCUT2D eigenvalue weighted by atomic mass is 9.94. The largest absolute Gasteiger partial charge is 0.391 e. The minimum absolute atomic E-state index is 0.145. The maximum Gasteiger partial charge on any atom is 0.145 e. The summed E-state index contributed by atoms with van der Waals surface area (Å²) in [5.74, 6) is -0.261. The maximum atomic E-state index is 13.6. The van der Waals surface area contributed by atoms with Crippen LogP contribution in [-0.2, 0) is 17.9 Å². The van der Waals surface area contributed by atoms with Gasteiger partial charge in [-0.2, -0.15) is 0 Å². The van der Waals surface area contributed by atoms with Crippen LogP contribution in [-0.4, -0.2) is 10.7 Å². The van der Waals surface area contributed by atoms with Crippen molar-refractivity contribution in [2.24, 2.45) is 5.16 Å². The summed E-state index contributed by atoms with van der Waals surface area (Å²) in [5.41, 5.74) is 4.93. The number of H-pyrrole nitrogens is 1. The number of nitrogens with one attached hydrogen (secondary N) is 1. The molecule has 0 radical (unpaired) electrons. The van der Waals surface area contributed by atoms with Gasteiger partial charge in [0, 0.05) is 16.5 Å². The topological polar surface area (TPSA) is 37.4 Å². The van der Waals surface area contributed by atoms with E-state index in [9.17, 15) is 4.39 Å². The van der Waals surface area contributed by atoms with E-state index < -0.39 is 0 Å². The van der Waals surface area contributed by atoms with E-state index in [2.05, 4.69) is 28.3 Å². The first-order valence-corrected chi connectivity index (χ1v) is 7.85. The van der Waals surface area contributed by atoms with Gasteiger partial charge in [0.15, 0.2) is 0 Å². The summed E-state index contributed by atoms with van der Waals surface area (Å²) < 4.78 is 13.6. The Morgan fingerprint density at radius 3 is 2.78 bits per heavy atom. The lowest BCUT2D eigenvalue weighted by molar-refractivity contribution is 0.127. The number of aromatic amines is 1. The molecule has 3 nitrogen and oxygen atoms in total. The third kappa shape index (κ3) is 2.61. The zero-order chi connectivity index (χ0) is 15.6. The Balaban J connectivity index is 1.60. The van der Waals surface area contributed by atoms with Crippen molar-refractivity contribution in [1.29, 1.82) is 0 Å². The molecule has 1 aromatic heterocycles. The highest BCUT2D eigenvalue weighted by Gasteiger charge is 2.20. The van der Waals surface area contributed by atoms with E-state index in [1.54, 1.807) is 18.2 Å². The summed E-state index contributed by atoms with van der Waals surface area (Å²) in [6.07, 6.45) is 2.97. The second-order valence-electron chi connectivity index (χ2n) is 5.78. The van der Waals surface area contributed by atoms with Gasteiger partial charge < -0.3 is 9.82 Å². The molecule has 0 unspecified atom stereocenters. The van der Waals surface area contributed by atoms with Crippen LogP contribution in [0.25, 0.3) is 10.9 Å². The van der Waals surface area contributed by atoms with Gasteiger partial charge in [-0.3, -0.25) is 0 Å².